The lowest BCUT2D eigenvalue weighted by Gasteiger charge is -2.26. The number of carbonyl (C=O) groups excluding carboxylic acids is 2. The van der Waals surface area contributed by atoms with Gasteiger partial charge in [-0.1, -0.05) is 19.3 Å². The summed E-state index contributed by atoms with van der Waals surface area (Å²) in [5.74, 6) is 1.25. The van der Waals surface area contributed by atoms with Crippen LogP contribution in [0.4, 0.5) is 4.79 Å². The molecule has 1 aliphatic carbocycles. The maximum Gasteiger partial charge on any atom is 0.410 e. The third-order valence-electron chi connectivity index (χ3n) is 5.46. The number of hydrogen-bond acceptors (Lipinski definition) is 4. The first kappa shape index (κ1) is 23.3. The fourth-order valence-electron chi connectivity index (χ4n) is 3.85. The molecule has 0 spiro atoms. The molecule has 8 nitrogen and oxygen atoms in total. The van der Waals surface area contributed by atoms with Gasteiger partial charge in [-0.25, -0.2) is 4.79 Å². The number of rotatable bonds is 5. The second-order valence-corrected chi connectivity index (χ2v) is 9.15. The predicted molar refractivity (Wildman–Crippen MR) is 115 cm³/mol. The van der Waals surface area contributed by atoms with E-state index in [0.717, 1.165) is 32.4 Å². The average molecular weight is 410 g/mol. The topological polar surface area (TPSA) is 86.3 Å². The number of nitrogens with one attached hydrogen (secondary N) is 2. The summed E-state index contributed by atoms with van der Waals surface area (Å²) >= 11 is 0. The highest BCUT2D eigenvalue weighted by Gasteiger charge is 2.31. The van der Waals surface area contributed by atoms with Crippen LogP contribution in [-0.4, -0.2) is 79.7 Å². The molecule has 0 aromatic carbocycles. The van der Waals surface area contributed by atoms with Gasteiger partial charge in [0.2, 0.25) is 5.91 Å². The van der Waals surface area contributed by atoms with Gasteiger partial charge < -0.3 is 25.2 Å². The monoisotopic (exact) mass is 409 g/mol. The second-order valence-electron chi connectivity index (χ2n) is 9.15. The van der Waals surface area contributed by atoms with Crippen molar-refractivity contribution in [3.05, 3.63) is 0 Å². The van der Waals surface area contributed by atoms with Gasteiger partial charge in [0.15, 0.2) is 5.96 Å². The van der Waals surface area contributed by atoms with E-state index in [4.69, 9.17) is 4.74 Å². The standard InChI is InChI=1S/C21H39N5O3/c1-21(2,3)29-20(28)25(5)14-12-23-19(22-4)24-17-11-13-26(15-17)18(27)16-9-7-6-8-10-16/h16-17H,6-15H2,1-5H3,(H2,22,23,24). The molecule has 0 bridgehead atoms. The minimum Gasteiger partial charge on any atom is -0.444 e. The van der Waals surface area contributed by atoms with E-state index in [1.165, 1.54) is 19.3 Å². The molecule has 8 heteroatoms. The van der Waals surface area contributed by atoms with Crippen LogP contribution in [0.15, 0.2) is 4.99 Å². The van der Waals surface area contributed by atoms with Crippen molar-refractivity contribution in [3.63, 3.8) is 0 Å². The van der Waals surface area contributed by atoms with E-state index < -0.39 is 5.60 Å². The molecule has 2 aliphatic rings. The summed E-state index contributed by atoms with van der Waals surface area (Å²) in [6.07, 6.45) is 6.30. The van der Waals surface area contributed by atoms with Gasteiger partial charge in [-0.05, 0) is 40.0 Å². The van der Waals surface area contributed by atoms with E-state index >= 15 is 0 Å². The van der Waals surface area contributed by atoms with E-state index in [9.17, 15) is 9.59 Å². The number of ether oxygens (including phenoxy) is 1. The van der Waals surface area contributed by atoms with Crippen molar-refractivity contribution < 1.29 is 14.3 Å². The summed E-state index contributed by atoms with van der Waals surface area (Å²) in [4.78, 5) is 32.5. The molecule has 2 amide bonds. The Kier molecular flexibility index (Phi) is 8.59. The van der Waals surface area contributed by atoms with Crippen LogP contribution in [0.25, 0.3) is 0 Å². The molecule has 2 rings (SSSR count). The quantitative estimate of drug-likeness (QED) is 0.537. The van der Waals surface area contributed by atoms with Crippen LogP contribution in [0.5, 0.6) is 0 Å². The van der Waals surface area contributed by atoms with Crippen LogP contribution >= 0.6 is 0 Å². The fourth-order valence-corrected chi connectivity index (χ4v) is 3.85. The van der Waals surface area contributed by atoms with Gasteiger partial charge in [0.25, 0.3) is 0 Å². The molecule has 2 N–H and O–H groups in total. The van der Waals surface area contributed by atoms with Gasteiger partial charge in [-0.3, -0.25) is 9.79 Å². The molecule has 1 saturated carbocycles. The lowest BCUT2D eigenvalue weighted by molar-refractivity contribution is -0.135. The summed E-state index contributed by atoms with van der Waals surface area (Å²) in [6.45, 7) is 8.17. The van der Waals surface area contributed by atoms with Crippen LogP contribution in [0.1, 0.15) is 59.3 Å². The first-order valence-corrected chi connectivity index (χ1v) is 10.9. The Hall–Kier alpha value is -1.99. The molecule has 1 aliphatic heterocycles. The first-order chi connectivity index (χ1) is 13.7. The highest BCUT2D eigenvalue weighted by Crippen LogP contribution is 2.26. The second kappa shape index (κ2) is 10.7. The molecular formula is C21H39N5O3. The Morgan fingerprint density at radius 3 is 2.48 bits per heavy atom. The van der Waals surface area contributed by atoms with Gasteiger partial charge in [0, 0.05) is 52.2 Å². The van der Waals surface area contributed by atoms with Gasteiger partial charge in [0.05, 0.1) is 0 Å². The van der Waals surface area contributed by atoms with Crippen molar-refractivity contribution in [2.45, 2.75) is 70.9 Å². The number of amides is 2. The molecule has 0 aromatic heterocycles. The lowest BCUT2D eigenvalue weighted by atomic mass is 9.88. The van der Waals surface area contributed by atoms with E-state index in [0.29, 0.717) is 25.0 Å². The van der Waals surface area contributed by atoms with Gasteiger partial charge in [-0.15, -0.1) is 0 Å². The lowest BCUT2D eigenvalue weighted by Crippen LogP contribution is -2.47. The van der Waals surface area contributed by atoms with Crippen molar-refractivity contribution in [2.24, 2.45) is 10.9 Å². The summed E-state index contributed by atoms with van der Waals surface area (Å²) < 4.78 is 5.35. The number of hydrogen-bond donors (Lipinski definition) is 2. The zero-order valence-corrected chi connectivity index (χ0v) is 18.8. The number of carbonyl (C=O) groups is 2. The number of guanidine groups is 1. The van der Waals surface area contributed by atoms with E-state index in [1.807, 2.05) is 25.7 Å². The zero-order chi connectivity index (χ0) is 21.4. The maximum atomic E-state index is 12.7. The molecule has 1 unspecified atom stereocenters. The smallest absolute Gasteiger partial charge is 0.410 e. The highest BCUT2D eigenvalue weighted by molar-refractivity contribution is 5.81. The van der Waals surface area contributed by atoms with Crippen molar-refractivity contribution >= 4 is 18.0 Å². The minimum atomic E-state index is -0.500. The Labute approximate surface area is 175 Å². The van der Waals surface area contributed by atoms with Crippen LogP contribution in [-0.2, 0) is 9.53 Å². The van der Waals surface area contributed by atoms with Gasteiger partial charge in [-0.2, -0.15) is 0 Å². The zero-order valence-electron chi connectivity index (χ0n) is 18.8. The number of aliphatic imine (C=N–C) groups is 1. The molecule has 2 fully saturated rings. The van der Waals surface area contributed by atoms with Crippen LogP contribution in [0, 0.1) is 5.92 Å². The molecule has 29 heavy (non-hydrogen) atoms. The molecule has 166 valence electrons. The van der Waals surface area contributed by atoms with Crippen molar-refractivity contribution in [3.8, 4) is 0 Å². The molecule has 0 aromatic rings. The summed E-state index contributed by atoms with van der Waals surface area (Å²) in [5.41, 5.74) is -0.500. The van der Waals surface area contributed by atoms with Gasteiger partial charge >= 0.3 is 6.09 Å². The molecule has 1 heterocycles. The Morgan fingerprint density at radius 2 is 1.86 bits per heavy atom. The van der Waals surface area contributed by atoms with Crippen LogP contribution < -0.4 is 10.6 Å². The van der Waals surface area contributed by atoms with E-state index in [1.54, 1.807) is 19.0 Å². The Bertz CT molecular complexity index is 581. The molecular weight excluding hydrogens is 370 g/mol. The Balaban J connectivity index is 1.70. The van der Waals surface area contributed by atoms with Crippen molar-refractivity contribution in [1.82, 2.24) is 20.4 Å². The normalized spacial score (nSPS) is 21.1. The molecule has 1 atom stereocenters. The average Bonchev–Trinajstić information content (AvgIpc) is 3.14. The van der Waals surface area contributed by atoms with Gasteiger partial charge in [0.1, 0.15) is 5.60 Å². The van der Waals surface area contributed by atoms with Crippen molar-refractivity contribution in [2.75, 3.05) is 40.3 Å². The van der Waals surface area contributed by atoms with Crippen LogP contribution in [0.2, 0.25) is 0 Å². The number of likely N-dealkylation sites (tertiary alicyclic amines) is 1. The summed E-state index contributed by atoms with van der Waals surface area (Å²) in [5, 5.41) is 6.64. The number of nitrogens with zero attached hydrogens (tertiary/aromatic N) is 3. The van der Waals surface area contributed by atoms with E-state index in [-0.39, 0.29) is 18.1 Å². The molecule has 0 radical (unpaired) electrons. The maximum absolute atomic E-state index is 12.7. The first-order valence-electron chi connectivity index (χ1n) is 10.9. The third-order valence-corrected chi connectivity index (χ3v) is 5.46. The third kappa shape index (κ3) is 7.74. The molecule has 1 saturated heterocycles. The minimum absolute atomic E-state index is 0.206. The van der Waals surface area contributed by atoms with E-state index in [2.05, 4.69) is 15.6 Å². The Morgan fingerprint density at radius 1 is 1.17 bits per heavy atom. The number of likely N-dealkylation sites (N-methyl/N-ethyl adjacent to an activating group) is 1. The fraction of sp³-hybridized carbons (Fsp3) is 0.857. The highest BCUT2D eigenvalue weighted by atomic mass is 16.6. The SMILES string of the molecule is CN=C(NCCN(C)C(=O)OC(C)(C)C)NC1CCN(C(=O)C2CCCCC2)C1. The largest absolute Gasteiger partial charge is 0.444 e. The van der Waals surface area contributed by atoms with Crippen LogP contribution in [0.3, 0.4) is 0 Å². The summed E-state index contributed by atoms with van der Waals surface area (Å²) in [6, 6.07) is 0.206. The van der Waals surface area contributed by atoms with Crippen molar-refractivity contribution in [1.29, 1.82) is 0 Å². The summed E-state index contributed by atoms with van der Waals surface area (Å²) in [7, 11) is 3.45. The predicted octanol–water partition coefficient (Wildman–Crippen LogP) is 2.20.